The molecule has 0 aliphatic carbocycles. The number of hydrogen-bond acceptors (Lipinski definition) is 6. The van der Waals surface area contributed by atoms with Crippen LogP contribution in [0.15, 0.2) is 47.1 Å². The van der Waals surface area contributed by atoms with Gasteiger partial charge < -0.3 is 9.84 Å². The van der Waals surface area contributed by atoms with Crippen LogP contribution in [0.1, 0.15) is 36.7 Å². The zero-order valence-electron chi connectivity index (χ0n) is 13.4. The zero-order valence-corrected chi connectivity index (χ0v) is 13.4. The van der Waals surface area contributed by atoms with E-state index in [4.69, 9.17) is 9.78 Å². The first kappa shape index (κ1) is 15.7. The smallest absolute Gasteiger partial charge is 0.248 e. The van der Waals surface area contributed by atoms with Gasteiger partial charge >= 0.3 is 0 Å². The largest absolute Gasteiger partial charge is 0.357 e. The number of aryl methyl sites for hydroxylation is 1. The number of anilines is 1. The lowest BCUT2D eigenvalue weighted by molar-refractivity contribution is 0.363. The van der Waals surface area contributed by atoms with E-state index >= 15 is 0 Å². The van der Waals surface area contributed by atoms with Crippen molar-refractivity contribution in [3.63, 3.8) is 0 Å². The van der Waals surface area contributed by atoms with Crippen LogP contribution in [0.25, 0.3) is 0 Å². The fourth-order valence-electron chi connectivity index (χ4n) is 2.30. The summed E-state index contributed by atoms with van der Waals surface area (Å²) in [6.45, 7) is 2.52. The van der Waals surface area contributed by atoms with E-state index in [9.17, 15) is 0 Å². The van der Waals surface area contributed by atoms with Crippen molar-refractivity contribution in [1.82, 2.24) is 19.9 Å². The average Bonchev–Trinajstić information content (AvgIpc) is 3.23. The summed E-state index contributed by atoms with van der Waals surface area (Å²) in [6, 6.07) is 13.8. The molecule has 0 fully saturated rings. The Labute approximate surface area is 139 Å². The molecule has 1 unspecified atom stereocenters. The summed E-state index contributed by atoms with van der Waals surface area (Å²) in [6.07, 6.45) is 2.91. The van der Waals surface area contributed by atoms with Crippen molar-refractivity contribution in [3.8, 4) is 6.07 Å². The molecule has 0 aliphatic heterocycles. The highest BCUT2D eigenvalue weighted by molar-refractivity contribution is 5.34. The van der Waals surface area contributed by atoms with Crippen LogP contribution in [0.2, 0.25) is 0 Å². The van der Waals surface area contributed by atoms with Gasteiger partial charge in [-0.2, -0.15) is 15.3 Å². The monoisotopic (exact) mass is 322 g/mol. The van der Waals surface area contributed by atoms with Gasteiger partial charge in [-0.25, -0.2) is 0 Å². The summed E-state index contributed by atoms with van der Waals surface area (Å²) >= 11 is 0. The normalized spacial score (nSPS) is 11.8. The number of aromatic nitrogens is 4. The molecule has 0 saturated carbocycles. The Hall–Kier alpha value is -3.14. The molecule has 3 aromatic rings. The van der Waals surface area contributed by atoms with Crippen LogP contribution in [0, 0.1) is 11.3 Å². The van der Waals surface area contributed by atoms with Gasteiger partial charge in [0.1, 0.15) is 11.9 Å². The van der Waals surface area contributed by atoms with Crippen molar-refractivity contribution in [3.05, 3.63) is 59.9 Å². The first-order valence-electron chi connectivity index (χ1n) is 7.78. The predicted molar refractivity (Wildman–Crippen MR) is 88.0 cm³/mol. The van der Waals surface area contributed by atoms with Crippen LogP contribution in [-0.4, -0.2) is 19.9 Å². The third-order valence-electron chi connectivity index (χ3n) is 3.52. The summed E-state index contributed by atoms with van der Waals surface area (Å²) in [5.41, 5.74) is 1.14. The Morgan fingerprint density at radius 3 is 2.92 bits per heavy atom. The molecule has 1 atom stereocenters. The highest BCUT2D eigenvalue weighted by Crippen LogP contribution is 2.17. The molecule has 7 heteroatoms. The second kappa shape index (κ2) is 7.42. The number of nitriles is 1. The molecule has 0 spiro atoms. The van der Waals surface area contributed by atoms with E-state index in [-0.39, 0.29) is 6.04 Å². The molecule has 0 amide bonds. The van der Waals surface area contributed by atoms with Gasteiger partial charge in [-0.15, -0.1) is 0 Å². The van der Waals surface area contributed by atoms with Crippen LogP contribution in [0.5, 0.6) is 0 Å². The summed E-state index contributed by atoms with van der Waals surface area (Å²) < 4.78 is 7.07. The fourth-order valence-corrected chi connectivity index (χ4v) is 2.30. The first-order valence-corrected chi connectivity index (χ1v) is 7.78. The van der Waals surface area contributed by atoms with Gasteiger partial charge in [-0.1, -0.05) is 35.5 Å². The van der Waals surface area contributed by atoms with E-state index in [1.54, 1.807) is 4.68 Å². The van der Waals surface area contributed by atoms with Crippen molar-refractivity contribution < 1.29 is 4.52 Å². The van der Waals surface area contributed by atoms with Crippen molar-refractivity contribution >= 4 is 5.82 Å². The van der Waals surface area contributed by atoms with Crippen LogP contribution in [0.4, 0.5) is 5.82 Å². The first-order chi connectivity index (χ1) is 11.7. The Morgan fingerprint density at radius 1 is 1.29 bits per heavy atom. The minimum Gasteiger partial charge on any atom is -0.357 e. The van der Waals surface area contributed by atoms with E-state index in [0.717, 1.165) is 5.56 Å². The Kier molecular flexibility index (Phi) is 4.87. The summed E-state index contributed by atoms with van der Waals surface area (Å²) in [5, 5.41) is 20.2. The zero-order chi connectivity index (χ0) is 16.8. The quantitative estimate of drug-likeness (QED) is 0.719. The molecule has 1 N–H and O–H groups in total. The van der Waals surface area contributed by atoms with E-state index < -0.39 is 0 Å². The molecule has 2 heterocycles. The standard InChI is InChI=1S/C17H18N6O/c1-13(19-15-8-11-23(21-15)10-5-9-18)17-20-16(22-24-17)12-14-6-3-2-4-7-14/h2-4,6-8,11,13H,5,10,12H2,1H3,(H,19,21). The molecule has 1 aromatic carbocycles. The average molecular weight is 322 g/mol. The van der Waals surface area contributed by atoms with Crippen LogP contribution in [0.3, 0.4) is 0 Å². The number of nitrogens with one attached hydrogen (secondary N) is 1. The minimum atomic E-state index is -0.152. The lowest BCUT2D eigenvalue weighted by Crippen LogP contribution is -2.08. The molecule has 24 heavy (non-hydrogen) atoms. The molecule has 122 valence electrons. The number of nitrogens with zero attached hydrogens (tertiary/aromatic N) is 5. The van der Waals surface area contributed by atoms with Crippen molar-refractivity contribution in [2.75, 3.05) is 5.32 Å². The molecule has 0 aliphatic rings. The number of rotatable bonds is 7. The number of hydrogen-bond donors (Lipinski definition) is 1. The molecule has 3 rings (SSSR count). The minimum absolute atomic E-state index is 0.152. The van der Waals surface area contributed by atoms with Crippen molar-refractivity contribution in [2.45, 2.75) is 32.4 Å². The molecule has 7 nitrogen and oxygen atoms in total. The lowest BCUT2D eigenvalue weighted by Gasteiger charge is -2.07. The van der Waals surface area contributed by atoms with Gasteiger partial charge in [-0.05, 0) is 12.5 Å². The Balaban J connectivity index is 1.60. The van der Waals surface area contributed by atoms with Gasteiger partial charge in [0.2, 0.25) is 5.89 Å². The maximum atomic E-state index is 8.60. The van der Waals surface area contributed by atoms with E-state index in [1.165, 1.54) is 0 Å². The maximum absolute atomic E-state index is 8.60. The Morgan fingerprint density at radius 2 is 2.12 bits per heavy atom. The molecule has 0 saturated heterocycles. The van der Waals surface area contributed by atoms with Crippen LogP contribution in [-0.2, 0) is 13.0 Å². The fraction of sp³-hybridized carbons (Fsp3) is 0.294. The van der Waals surface area contributed by atoms with Gasteiger partial charge in [0.25, 0.3) is 0 Å². The SMILES string of the molecule is CC(Nc1ccn(CCC#N)n1)c1nc(Cc2ccccc2)no1. The molecule has 2 aromatic heterocycles. The van der Waals surface area contributed by atoms with Crippen molar-refractivity contribution in [2.24, 2.45) is 0 Å². The molecule has 0 radical (unpaired) electrons. The summed E-state index contributed by atoms with van der Waals surface area (Å²) in [5.74, 6) is 1.89. The highest BCUT2D eigenvalue weighted by atomic mass is 16.5. The topological polar surface area (TPSA) is 92.6 Å². The van der Waals surface area contributed by atoms with Gasteiger partial charge in [0.05, 0.1) is 19.0 Å². The van der Waals surface area contributed by atoms with Gasteiger partial charge in [0.15, 0.2) is 5.82 Å². The number of benzene rings is 1. The van der Waals surface area contributed by atoms with E-state index in [2.05, 4.69) is 26.6 Å². The summed E-state index contributed by atoms with van der Waals surface area (Å²) in [7, 11) is 0. The molecular formula is C17H18N6O. The predicted octanol–water partition coefficient (Wildman–Crippen LogP) is 2.94. The van der Waals surface area contributed by atoms with E-state index in [1.807, 2.05) is 49.5 Å². The highest BCUT2D eigenvalue weighted by Gasteiger charge is 2.15. The lowest BCUT2D eigenvalue weighted by atomic mass is 10.1. The van der Waals surface area contributed by atoms with Crippen molar-refractivity contribution in [1.29, 1.82) is 5.26 Å². The Bertz CT molecular complexity index is 817. The molecular weight excluding hydrogens is 304 g/mol. The second-order valence-electron chi connectivity index (χ2n) is 5.45. The van der Waals surface area contributed by atoms with Crippen LogP contribution >= 0.6 is 0 Å². The van der Waals surface area contributed by atoms with Gasteiger partial charge in [-0.3, -0.25) is 4.68 Å². The van der Waals surface area contributed by atoms with Crippen LogP contribution < -0.4 is 5.32 Å². The summed E-state index contributed by atoms with van der Waals surface area (Å²) in [4.78, 5) is 4.44. The van der Waals surface area contributed by atoms with Gasteiger partial charge in [0, 0.05) is 18.7 Å². The molecule has 0 bridgehead atoms. The second-order valence-corrected chi connectivity index (χ2v) is 5.45. The third-order valence-corrected chi connectivity index (χ3v) is 3.52. The van der Waals surface area contributed by atoms with E-state index in [0.29, 0.717) is 36.9 Å². The third kappa shape index (κ3) is 3.98. The maximum Gasteiger partial charge on any atom is 0.248 e.